The molecule has 7 heteroatoms. The molecule has 0 aliphatic carbocycles. The van der Waals surface area contributed by atoms with E-state index in [0.717, 1.165) is 21.3 Å². The molecule has 3 rings (SSSR count). The Hall–Kier alpha value is -1.08. The molecule has 24 heavy (non-hydrogen) atoms. The van der Waals surface area contributed by atoms with Crippen LogP contribution in [0.3, 0.4) is 0 Å². The van der Waals surface area contributed by atoms with E-state index in [0.29, 0.717) is 15.9 Å². The Kier molecular flexibility index (Phi) is 6.31. The van der Waals surface area contributed by atoms with E-state index in [9.17, 15) is 8.78 Å². The molecule has 0 aliphatic heterocycles. The van der Waals surface area contributed by atoms with Gasteiger partial charge in [-0.15, -0.1) is 12.4 Å². The highest BCUT2D eigenvalue weighted by Gasteiger charge is 2.17. The van der Waals surface area contributed by atoms with Crippen LogP contribution in [0.2, 0.25) is 0 Å². The zero-order chi connectivity index (χ0) is 16.6. The summed E-state index contributed by atoms with van der Waals surface area (Å²) in [4.78, 5) is 4.50. The molecule has 0 amide bonds. The van der Waals surface area contributed by atoms with E-state index in [1.54, 1.807) is 0 Å². The fourth-order valence-electron chi connectivity index (χ4n) is 2.53. The summed E-state index contributed by atoms with van der Waals surface area (Å²) in [5.74, 6) is -1.22. The second-order valence-corrected chi connectivity index (χ2v) is 6.78. The summed E-state index contributed by atoms with van der Waals surface area (Å²) >= 11 is 7.00. The van der Waals surface area contributed by atoms with Crippen LogP contribution in [-0.4, -0.2) is 4.98 Å². The summed E-state index contributed by atoms with van der Waals surface area (Å²) in [6.07, 6.45) is 0.283. The Morgan fingerprint density at radius 2 is 1.58 bits per heavy atom. The highest BCUT2D eigenvalue weighted by atomic mass is 79.9. The maximum Gasteiger partial charge on any atom is 0.126 e. The summed E-state index contributed by atoms with van der Waals surface area (Å²) in [5.41, 5.74) is 7.36. The summed E-state index contributed by atoms with van der Waals surface area (Å²) < 4.78 is 28.1. The molecule has 2 nitrogen and oxygen atoms in total. The zero-order valence-corrected chi connectivity index (χ0v) is 16.3. The van der Waals surface area contributed by atoms with Crippen LogP contribution in [0.1, 0.15) is 17.3 Å². The number of halogens is 5. The van der Waals surface area contributed by atoms with Crippen LogP contribution in [0.4, 0.5) is 8.78 Å². The molecule has 2 aromatic carbocycles. The molecule has 0 saturated heterocycles. The fourth-order valence-corrected chi connectivity index (χ4v) is 3.80. The van der Waals surface area contributed by atoms with Crippen LogP contribution < -0.4 is 5.73 Å². The number of nitrogens with two attached hydrogens (primary N) is 1. The Morgan fingerprint density at radius 1 is 1.00 bits per heavy atom. The summed E-state index contributed by atoms with van der Waals surface area (Å²) in [5, 5.41) is 1.94. The lowest BCUT2D eigenvalue weighted by Crippen LogP contribution is -2.16. The Bertz CT molecular complexity index is 870. The predicted octanol–water partition coefficient (Wildman–Crippen LogP) is 5.70. The lowest BCUT2D eigenvalue weighted by molar-refractivity contribution is 0.575. The van der Waals surface area contributed by atoms with Crippen molar-refractivity contribution in [3.8, 4) is 0 Å². The Balaban J connectivity index is 0.00000208. The minimum Gasteiger partial charge on any atom is -0.322 e. The molecule has 0 radical (unpaired) electrons. The second-order valence-electron chi connectivity index (χ2n) is 5.24. The number of rotatable bonds is 3. The van der Waals surface area contributed by atoms with Crippen molar-refractivity contribution in [1.29, 1.82) is 0 Å². The molecule has 0 aliphatic rings. The number of nitrogens with zero attached hydrogens (tertiary/aromatic N) is 1. The molecule has 0 bridgehead atoms. The first-order chi connectivity index (χ1) is 11.0. The van der Waals surface area contributed by atoms with Gasteiger partial charge in [0.2, 0.25) is 0 Å². The SMILES string of the molecule is Cl.N[C@@H](Cc1cc(F)cc(F)c1)c1nc(Br)c2ccccc2c1Br. The largest absolute Gasteiger partial charge is 0.322 e. The number of aromatic nitrogens is 1. The highest BCUT2D eigenvalue weighted by Crippen LogP contribution is 2.34. The molecule has 2 N–H and O–H groups in total. The van der Waals surface area contributed by atoms with Gasteiger partial charge in [0, 0.05) is 21.3 Å². The number of hydrogen-bond acceptors (Lipinski definition) is 2. The van der Waals surface area contributed by atoms with Crippen LogP contribution >= 0.6 is 44.3 Å². The number of benzene rings is 2. The monoisotopic (exact) mass is 476 g/mol. The Morgan fingerprint density at radius 3 is 2.21 bits per heavy atom. The summed E-state index contributed by atoms with van der Waals surface area (Å²) in [7, 11) is 0. The third-order valence-corrected chi connectivity index (χ3v) is 5.00. The van der Waals surface area contributed by atoms with Gasteiger partial charge in [-0.1, -0.05) is 24.3 Å². The van der Waals surface area contributed by atoms with E-state index in [1.807, 2.05) is 24.3 Å². The molecular weight excluding hydrogens is 465 g/mol. The van der Waals surface area contributed by atoms with Gasteiger partial charge in [0.05, 0.1) is 11.7 Å². The zero-order valence-electron chi connectivity index (χ0n) is 12.3. The van der Waals surface area contributed by atoms with Gasteiger partial charge in [0.1, 0.15) is 16.2 Å². The molecular formula is C17H13Br2ClF2N2. The van der Waals surface area contributed by atoms with Crippen molar-refractivity contribution in [2.75, 3.05) is 0 Å². The smallest absolute Gasteiger partial charge is 0.126 e. The number of hydrogen-bond donors (Lipinski definition) is 1. The van der Waals surface area contributed by atoms with Crippen molar-refractivity contribution in [2.24, 2.45) is 5.73 Å². The molecule has 126 valence electrons. The minimum atomic E-state index is -0.612. The first-order valence-electron chi connectivity index (χ1n) is 6.90. The standard InChI is InChI=1S/C17H12Br2F2N2.ClH/c18-15-12-3-1-2-4-13(12)17(19)23-16(15)14(22)7-9-5-10(20)8-11(21)6-9;/h1-6,8,14H,7,22H2;1H/t14-;/m0./s1. The van der Waals surface area contributed by atoms with Gasteiger partial charge in [-0.05, 0) is 56.0 Å². The first-order valence-corrected chi connectivity index (χ1v) is 8.48. The van der Waals surface area contributed by atoms with Crippen molar-refractivity contribution in [3.63, 3.8) is 0 Å². The third kappa shape index (κ3) is 3.94. The lowest BCUT2D eigenvalue weighted by atomic mass is 10.0. The molecule has 0 unspecified atom stereocenters. The summed E-state index contributed by atoms with van der Waals surface area (Å²) in [6.45, 7) is 0. The number of pyridine rings is 1. The molecule has 0 fully saturated rings. The van der Waals surface area contributed by atoms with Gasteiger partial charge in [0.25, 0.3) is 0 Å². The molecule has 1 aromatic heterocycles. The third-order valence-electron chi connectivity index (χ3n) is 3.56. The first kappa shape index (κ1) is 19.2. The van der Waals surface area contributed by atoms with E-state index < -0.39 is 17.7 Å². The van der Waals surface area contributed by atoms with Crippen molar-refractivity contribution in [2.45, 2.75) is 12.5 Å². The van der Waals surface area contributed by atoms with Crippen molar-refractivity contribution >= 4 is 55.0 Å². The predicted molar refractivity (Wildman–Crippen MR) is 101 cm³/mol. The Labute approximate surface area is 161 Å². The maximum atomic E-state index is 13.3. The molecule has 0 spiro atoms. The van der Waals surface area contributed by atoms with Crippen molar-refractivity contribution in [3.05, 3.63) is 74.4 Å². The lowest BCUT2D eigenvalue weighted by Gasteiger charge is -2.16. The van der Waals surface area contributed by atoms with Crippen LogP contribution in [0.5, 0.6) is 0 Å². The second kappa shape index (κ2) is 7.87. The fraction of sp³-hybridized carbons (Fsp3) is 0.118. The van der Waals surface area contributed by atoms with E-state index in [4.69, 9.17) is 5.73 Å². The normalized spacial score (nSPS) is 12.0. The van der Waals surface area contributed by atoms with E-state index in [2.05, 4.69) is 36.8 Å². The van der Waals surface area contributed by atoms with Gasteiger partial charge in [-0.25, -0.2) is 13.8 Å². The van der Waals surface area contributed by atoms with E-state index in [-0.39, 0.29) is 18.8 Å². The van der Waals surface area contributed by atoms with Crippen LogP contribution in [0, 0.1) is 11.6 Å². The van der Waals surface area contributed by atoms with E-state index >= 15 is 0 Å². The molecule has 1 heterocycles. The van der Waals surface area contributed by atoms with Crippen LogP contribution in [0.15, 0.2) is 51.5 Å². The molecule has 0 saturated carbocycles. The average molecular weight is 479 g/mol. The maximum absolute atomic E-state index is 13.3. The van der Waals surface area contributed by atoms with Gasteiger partial charge >= 0.3 is 0 Å². The van der Waals surface area contributed by atoms with Gasteiger partial charge in [-0.3, -0.25) is 0 Å². The van der Waals surface area contributed by atoms with E-state index in [1.165, 1.54) is 12.1 Å². The topological polar surface area (TPSA) is 38.9 Å². The highest BCUT2D eigenvalue weighted by molar-refractivity contribution is 9.11. The quantitative estimate of drug-likeness (QED) is 0.491. The number of fused-ring (bicyclic) bond motifs is 1. The summed E-state index contributed by atoms with van der Waals surface area (Å²) in [6, 6.07) is 10.7. The minimum absolute atomic E-state index is 0. The van der Waals surface area contributed by atoms with Gasteiger partial charge < -0.3 is 5.73 Å². The van der Waals surface area contributed by atoms with Gasteiger partial charge in [-0.2, -0.15) is 0 Å². The molecule has 3 aromatic rings. The van der Waals surface area contributed by atoms with Crippen molar-refractivity contribution < 1.29 is 8.78 Å². The van der Waals surface area contributed by atoms with Crippen LogP contribution in [0.25, 0.3) is 10.8 Å². The van der Waals surface area contributed by atoms with Crippen molar-refractivity contribution in [1.82, 2.24) is 4.98 Å². The van der Waals surface area contributed by atoms with Gasteiger partial charge in [0.15, 0.2) is 0 Å². The van der Waals surface area contributed by atoms with Crippen LogP contribution in [-0.2, 0) is 6.42 Å². The average Bonchev–Trinajstić information content (AvgIpc) is 2.50. The molecule has 1 atom stereocenters.